The maximum Gasteiger partial charge on any atom is 0.167 e. The standard InChI is InChI=1S/C22H26IN5O5/c23-13-4-1-3-12(7-13)9-32-15-6-2-5-14(15)27-20-17-21(25-10-24-20)28(11-26-17)22-19(31)18(30)16(8-29)33-22/h1,3-4,7,10-11,14-16,18-19,22,29-31H,2,5-6,8-9H2,(H,24,25,27)/t14?,15-,16?,18+,19+,22?/m0/s1. The van der Waals surface area contributed by atoms with Gasteiger partial charge in [-0.05, 0) is 59.5 Å². The fourth-order valence-corrected chi connectivity index (χ4v) is 5.16. The molecule has 6 atom stereocenters. The molecule has 1 aliphatic heterocycles. The predicted octanol–water partition coefficient (Wildman–Crippen LogP) is 1.59. The Kier molecular flexibility index (Phi) is 6.77. The fraction of sp³-hybridized carbons (Fsp3) is 0.500. The maximum absolute atomic E-state index is 10.4. The third-order valence-corrected chi connectivity index (χ3v) is 6.95. The van der Waals surface area contributed by atoms with Gasteiger partial charge in [0.15, 0.2) is 23.2 Å². The van der Waals surface area contributed by atoms with E-state index in [1.165, 1.54) is 16.2 Å². The molecule has 2 fully saturated rings. The quantitative estimate of drug-likeness (QED) is 0.314. The summed E-state index contributed by atoms with van der Waals surface area (Å²) < 4.78 is 14.6. The summed E-state index contributed by atoms with van der Waals surface area (Å²) in [7, 11) is 0. The Morgan fingerprint density at radius 3 is 2.85 bits per heavy atom. The minimum Gasteiger partial charge on any atom is -0.394 e. The van der Waals surface area contributed by atoms with Crippen LogP contribution in [-0.2, 0) is 16.1 Å². The Balaban J connectivity index is 1.32. The summed E-state index contributed by atoms with van der Waals surface area (Å²) in [6, 6.07) is 8.37. The van der Waals surface area contributed by atoms with Gasteiger partial charge in [-0.2, -0.15) is 0 Å². The monoisotopic (exact) mass is 567 g/mol. The molecule has 2 aliphatic rings. The maximum atomic E-state index is 10.4. The van der Waals surface area contributed by atoms with Crippen molar-refractivity contribution in [3.05, 3.63) is 46.1 Å². The van der Waals surface area contributed by atoms with Crippen LogP contribution in [0.4, 0.5) is 5.82 Å². The van der Waals surface area contributed by atoms with Gasteiger partial charge in [0.05, 0.1) is 31.7 Å². The molecule has 3 heterocycles. The summed E-state index contributed by atoms with van der Waals surface area (Å²) in [4.78, 5) is 13.2. The van der Waals surface area contributed by atoms with E-state index < -0.39 is 31.1 Å². The van der Waals surface area contributed by atoms with Crippen LogP contribution >= 0.6 is 22.6 Å². The Labute approximate surface area is 204 Å². The lowest BCUT2D eigenvalue weighted by molar-refractivity contribution is -0.0511. The van der Waals surface area contributed by atoms with E-state index in [1.807, 2.05) is 6.07 Å². The molecule has 11 heteroatoms. The topological polar surface area (TPSA) is 135 Å². The second-order valence-corrected chi connectivity index (χ2v) is 9.68. The van der Waals surface area contributed by atoms with Crippen molar-refractivity contribution in [1.82, 2.24) is 19.5 Å². The van der Waals surface area contributed by atoms with Gasteiger partial charge in [0.2, 0.25) is 0 Å². The largest absolute Gasteiger partial charge is 0.394 e. The number of hydrogen-bond acceptors (Lipinski definition) is 9. The molecule has 3 unspecified atom stereocenters. The molecule has 1 aliphatic carbocycles. The molecule has 0 amide bonds. The van der Waals surface area contributed by atoms with E-state index in [4.69, 9.17) is 9.47 Å². The van der Waals surface area contributed by atoms with Crippen LogP contribution in [0.15, 0.2) is 36.9 Å². The van der Waals surface area contributed by atoms with Gasteiger partial charge in [0.25, 0.3) is 0 Å². The third-order valence-electron chi connectivity index (χ3n) is 6.28. The van der Waals surface area contributed by atoms with E-state index >= 15 is 0 Å². The third kappa shape index (κ3) is 4.57. The number of rotatable bonds is 7. The molecule has 0 radical (unpaired) electrons. The number of hydrogen-bond donors (Lipinski definition) is 4. The zero-order valence-corrected chi connectivity index (χ0v) is 19.9. The molecule has 5 rings (SSSR count). The van der Waals surface area contributed by atoms with E-state index in [0.29, 0.717) is 23.6 Å². The number of fused-ring (bicyclic) bond motifs is 1. The van der Waals surface area contributed by atoms with Crippen LogP contribution in [0.1, 0.15) is 31.1 Å². The molecule has 0 spiro atoms. The zero-order valence-electron chi connectivity index (χ0n) is 17.8. The number of benzene rings is 1. The highest BCUT2D eigenvalue weighted by atomic mass is 127. The van der Waals surface area contributed by atoms with Crippen molar-refractivity contribution in [2.24, 2.45) is 0 Å². The number of aliphatic hydroxyl groups is 3. The summed E-state index contributed by atoms with van der Waals surface area (Å²) in [5.41, 5.74) is 2.16. The Bertz CT molecular complexity index is 1110. The van der Waals surface area contributed by atoms with E-state index in [-0.39, 0.29) is 12.1 Å². The fourth-order valence-electron chi connectivity index (χ4n) is 4.55. The van der Waals surface area contributed by atoms with Gasteiger partial charge in [-0.25, -0.2) is 15.0 Å². The van der Waals surface area contributed by atoms with Gasteiger partial charge in [-0.1, -0.05) is 12.1 Å². The number of halogens is 1. The Hall–Kier alpha value is -1.90. The summed E-state index contributed by atoms with van der Waals surface area (Å²) >= 11 is 2.30. The average Bonchev–Trinajstić information content (AvgIpc) is 3.51. The summed E-state index contributed by atoms with van der Waals surface area (Å²) in [6.07, 6.45) is 1.79. The Morgan fingerprint density at radius 2 is 2.06 bits per heavy atom. The van der Waals surface area contributed by atoms with Crippen molar-refractivity contribution in [3.63, 3.8) is 0 Å². The van der Waals surface area contributed by atoms with Crippen molar-refractivity contribution in [2.75, 3.05) is 11.9 Å². The highest BCUT2D eigenvalue weighted by molar-refractivity contribution is 14.1. The first-order chi connectivity index (χ1) is 16.0. The molecular formula is C22H26IN5O5. The van der Waals surface area contributed by atoms with Crippen molar-refractivity contribution < 1.29 is 24.8 Å². The first-order valence-corrected chi connectivity index (χ1v) is 12.1. The van der Waals surface area contributed by atoms with E-state index in [9.17, 15) is 15.3 Å². The van der Waals surface area contributed by atoms with E-state index in [1.54, 1.807) is 4.57 Å². The molecular weight excluding hydrogens is 541 g/mol. The molecule has 1 saturated carbocycles. The van der Waals surface area contributed by atoms with E-state index in [0.717, 1.165) is 24.8 Å². The van der Waals surface area contributed by atoms with Crippen LogP contribution in [0.2, 0.25) is 0 Å². The molecule has 4 N–H and O–H groups in total. The van der Waals surface area contributed by atoms with Gasteiger partial charge in [-0.15, -0.1) is 0 Å². The number of ether oxygens (including phenoxy) is 2. The lowest BCUT2D eigenvalue weighted by Crippen LogP contribution is -2.33. The van der Waals surface area contributed by atoms with Gasteiger partial charge in [0.1, 0.15) is 24.6 Å². The van der Waals surface area contributed by atoms with E-state index in [2.05, 4.69) is 61.1 Å². The van der Waals surface area contributed by atoms with Crippen LogP contribution in [0, 0.1) is 3.57 Å². The zero-order chi connectivity index (χ0) is 22.9. The number of nitrogens with one attached hydrogen (secondary N) is 1. The molecule has 176 valence electrons. The van der Waals surface area contributed by atoms with Crippen LogP contribution in [0.25, 0.3) is 11.2 Å². The average molecular weight is 567 g/mol. The van der Waals surface area contributed by atoms with Gasteiger partial charge in [0, 0.05) is 3.57 Å². The van der Waals surface area contributed by atoms with Gasteiger partial charge in [-0.3, -0.25) is 4.57 Å². The molecule has 33 heavy (non-hydrogen) atoms. The summed E-state index contributed by atoms with van der Waals surface area (Å²) in [5, 5.41) is 33.3. The van der Waals surface area contributed by atoms with Crippen LogP contribution in [-0.4, -0.2) is 71.9 Å². The van der Waals surface area contributed by atoms with Gasteiger partial charge >= 0.3 is 0 Å². The van der Waals surface area contributed by atoms with Crippen molar-refractivity contribution in [3.8, 4) is 0 Å². The number of imidazole rings is 1. The normalized spacial score (nSPS) is 29.7. The van der Waals surface area contributed by atoms with Crippen LogP contribution in [0.3, 0.4) is 0 Å². The summed E-state index contributed by atoms with van der Waals surface area (Å²) in [5.74, 6) is 0.584. The van der Waals surface area contributed by atoms with Gasteiger partial charge < -0.3 is 30.1 Å². The molecule has 1 saturated heterocycles. The second kappa shape index (κ2) is 9.76. The lowest BCUT2D eigenvalue weighted by atomic mass is 10.1. The number of aromatic nitrogens is 4. The highest BCUT2D eigenvalue weighted by Crippen LogP contribution is 2.33. The summed E-state index contributed by atoms with van der Waals surface area (Å²) in [6.45, 7) is 0.160. The minimum absolute atomic E-state index is 0.0513. The minimum atomic E-state index is -1.21. The predicted molar refractivity (Wildman–Crippen MR) is 127 cm³/mol. The molecule has 10 nitrogen and oxygen atoms in total. The van der Waals surface area contributed by atoms with Crippen molar-refractivity contribution in [2.45, 2.75) is 62.6 Å². The number of aliphatic hydroxyl groups excluding tert-OH is 3. The first-order valence-electron chi connectivity index (χ1n) is 11.0. The van der Waals surface area contributed by atoms with Crippen molar-refractivity contribution >= 4 is 39.6 Å². The first kappa shape index (κ1) is 22.9. The molecule has 1 aromatic carbocycles. The number of anilines is 1. The molecule has 2 aromatic heterocycles. The Morgan fingerprint density at radius 1 is 1.18 bits per heavy atom. The lowest BCUT2D eigenvalue weighted by Gasteiger charge is -2.22. The smallest absolute Gasteiger partial charge is 0.167 e. The second-order valence-electron chi connectivity index (χ2n) is 8.44. The highest BCUT2D eigenvalue weighted by Gasteiger charge is 2.44. The number of nitrogens with zero attached hydrogens (tertiary/aromatic N) is 4. The molecule has 0 bridgehead atoms. The molecule has 3 aromatic rings. The van der Waals surface area contributed by atoms with Crippen LogP contribution < -0.4 is 5.32 Å². The van der Waals surface area contributed by atoms with Crippen molar-refractivity contribution in [1.29, 1.82) is 0 Å². The van der Waals surface area contributed by atoms with Crippen LogP contribution in [0.5, 0.6) is 0 Å². The SMILES string of the molecule is OCC1OC(n2cnc3c(NC4CCC[C@@H]4OCc4cccc(I)c4)ncnc32)[C@H](O)[C@@H]1O.